The van der Waals surface area contributed by atoms with E-state index in [1.165, 1.54) is 11.3 Å². The number of hydrogen-bond donors (Lipinski definition) is 0. The molecule has 0 amide bonds. The van der Waals surface area contributed by atoms with E-state index in [9.17, 15) is 9.59 Å². The van der Waals surface area contributed by atoms with Gasteiger partial charge < -0.3 is 18.9 Å². The van der Waals surface area contributed by atoms with Crippen molar-refractivity contribution in [3.8, 4) is 17.2 Å². The van der Waals surface area contributed by atoms with Crippen LogP contribution in [0.15, 0.2) is 63.5 Å². The third-order valence-corrected chi connectivity index (χ3v) is 7.03. The van der Waals surface area contributed by atoms with Crippen molar-refractivity contribution in [1.29, 1.82) is 0 Å². The molecule has 0 N–H and O–H groups in total. The maximum absolute atomic E-state index is 13.9. The van der Waals surface area contributed by atoms with Gasteiger partial charge in [0.15, 0.2) is 16.3 Å². The van der Waals surface area contributed by atoms with Gasteiger partial charge in [-0.25, -0.2) is 9.79 Å². The Kier molecular flexibility index (Phi) is 8.13. The summed E-state index contributed by atoms with van der Waals surface area (Å²) in [6, 6.07) is 12.1. The number of aromatic nitrogens is 1. The zero-order chi connectivity index (χ0) is 26.5. The van der Waals surface area contributed by atoms with E-state index >= 15 is 0 Å². The number of allylic oxidation sites excluding steroid dienone is 1. The monoisotopic (exact) mass is 522 g/mol. The summed E-state index contributed by atoms with van der Waals surface area (Å²) in [5.41, 5.74) is 2.07. The van der Waals surface area contributed by atoms with Crippen molar-refractivity contribution in [2.75, 3.05) is 27.9 Å². The van der Waals surface area contributed by atoms with Crippen molar-refractivity contribution in [2.24, 2.45) is 4.99 Å². The first-order valence-corrected chi connectivity index (χ1v) is 12.9. The lowest BCUT2D eigenvalue weighted by Gasteiger charge is -2.26. The predicted molar refractivity (Wildman–Crippen MR) is 142 cm³/mol. The normalized spacial score (nSPS) is 15.2. The minimum absolute atomic E-state index is 0.209. The van der Waals surface area contributed by atoms with Crippen molar-refractivity contribution in [2.45, 2.75) is 32.7 Å². The molecule has 0 aliphatic carbocycles. The Balaban J connectivity index is 2.04. The fraction of sp³-hybridized carbons (Fsp3) is 0.321. The van der Waals surface area contributed by atoms with E-state index in [1.807, 2.05) is 43.3 Å². The van der Waals surface area contributed by atoms with Gasteiger partial charge in [-0.05, 0) is 31.6 Å². The van der Waals surface area contributed by atoms with E-state index in [4.69, 9.17) is 23.9 Å². The second-order valence-corrected chi connectivity index (χ2v) is 9.25. The summed E-state index contributed by atoms with van der Waals surface area (Å²) >= 11 is 1.26. The average Bonchev–Trinajstić information content (AvgIpc) is 3.22. The molecule has 2 aromatic carbocycles. The highest BCUT2D eigenvalue weighted by Gasteiger charge is 2.35. The fourth-order valence-corrected chi connectivity index (χ4v) is 5.49. The van der Waals surface area contributed by atoms with Gasteiger partial charge in [0.25, 0.3) is 5.56 Å². The fourth-order valence-electron chi connectivity index (χ4n) is 4.47. The highest BCUT2D eigenvalue weighted by atomic mass is 32.1. The first-order valence-electron chi connectivity index (χ1n) is 12.0. The molecular weight excluding hydrogens is 492 g/mol. The number of hydrogen-bond acceptors (Lipinski definition) is 8. The standard InChI is InChI=1S/C28H30N2O6S/c1-6-11-19-23(27(32)36-7-2)24(18-13-8-9-14-20(18)33-3)30-26(31)22(37-28(30)29-19)16-17-12-10-15-21(34-4)25(17)35-5/h8-10,12-16,24H,6-7,11H2,1-5H3/b22-16-. The van der Waals surface area contributed by atoms with Crippen LogP contribution in [0.5, 0.6) is 17.2 Å². The summed E-state index contributed by atoms with van der Waals surface area (Å²) < 4.78 is 24.1. The van der Waals surface area contributed by atoms with Crippen molar-refractivity contribution in [1.82, 2.24) is 4.57 Å². The zero-order valence-corrected chi connectivity index (χ0v) is 22.4. The van der Waals surface area contributed by atoms with E-state index in [0.717, 1.165) is 6.42 Å². The Labute approximate surface area is 219 Å². The molecule has 0 saturated heterocycles. The van der Waals surface area contributed by atoms with Crippen LogP contribution < -0.4 is 29.1 Å². The highest BCUT2D eigenvalue weighted by Crippen LogP contribution is 2.37. The van der Waals surface area contributed by atoms with Gasteiger partial charge in [0, 0.05) is 11.1 Å². The average molecular weight is 523 g/mol. The third kappa shape index (κ3) is 4.91. The van der Waals surface area contributed by atoms with Crippen molar-refractivity contribution in [3.63, 3.8) is 0 Å². The molecule has 2 heterocycles. The van der Waals surface area contributed by atoms with Crippen LogP contribution in [0.2, 0.25) is 0 Å². The van der Waals surface area contributed by atoms with Crippen LogP contribution >= 0.6 is 11.3 Å². The number of carbonyl (C=O) groups is 1. The van der Waals surface area contributed by atoms with Gasteiger partial charge in [-0.15, -0.1) is 0 Å². The van der Waals surface area contributed by atoms with E-state index in [1.54, 1.807) is 45.0 Å². The number of nitrogens with zero attached hydrogens (tertiary/aromatic N) is 2. The Morgan fingerprint density at radius 3 is 2.43 bits per heavy atom. The Morgan fingerprint density at radius 1 is 1.03 bits per heavy atom. The Morgan fingerprint density at radius 2 is 1.76 bits per heavy atom. The molecule has 1 unspecified atom stereocenters. The highest BCUT2D eigenvalue weighted by molar-refractivity contribution is 7.07. The van der Waals surface area contributed by atoms with Crippen LogP contribution in [0.3, 0.4) is 0 Å². The molecule has 9 heteroatoms. The molecule has 1 aliphatic heterocycles. The molecule has 3 aromatic rings. The van der Waals surface area contributed by atoms with Crippen LogP contribution in [-0.4, -0.2) is 38.5 Å². The number of carbonyl (C=O) groups excluding carboxylic acids is 1. The molecule has 0 saturated carbocycles. The van der Waals surface area contributed by atoms with Gasteiger partial charge >= 0.3 is 5.97 Å². The minimum atomic E-state index is -0.748. The summed E-state index contributed by atoms with van der Waals surface area (Å²) in [4.78, 5) is 32.5. The molecule has 0 spiro atoms. The van der Waals surface area contributed by atoms with Crippen molar-refractivity contribution >= 4 is 23.4 Å². The van der Waals surface area contributed by atoms with Gasteiger partial charge in [0.05, 0.1) is 43.7 Å². The molecule has 1 aromatic heterocycles. The molecule has 8 nitrogen and oxygen atoms in total. The maximum atomic E-state index is 13.9. The van der Waals surface area contributed by atoms with Crippen molar-refractivity contribution < 1.29 is 23.7 Å². The van der Waals surface area contributed by atoms with Gasteiger partial charge in [0.1, 0.15) is 11.8 Å². The SMILES string of the molecule is CCCC1=C(C(=O)OCC)C(c2ccccc2OC)n2c(s/c(=C\c3cccc(OC)c3OC)c2=O)=N1. The molecular formula is C28H30N2O6S. The largest absolute Gasteiger partial charge is 0.496 e. The van der Waals surface area contributed by atoms with Gasteiger partial charge in [-0.3, -0.25) is 9.36 Å². The molecule has 1 aliphatic rings. The van der Waals surface area contributed by atoms with E-state index in [0.29, 0.717) is 55.4 Å². The van der Waals surface area contributed by atoms with Gasteiger partial charge in [-0.2, -0.15) is 0 Å². The maximum Gasteiger partial charge on any atom is 0.338 e. The van der Waals surface area contributed by atoms with Crippen LogP contribution in [0, 0.1) is 0 Å². The number of rotatable bonds is 9. The topological polar surface area (TPSA) is 88.4 Å². The first kappa shape index (κ1) is 26.2. The van der Waals surface area contributed by atoms with Crippen LogP contribution in [-0.2, 0) is 9.53 Å². The number of benzene rings is 2. The Hall–Kier alpha value is -3.85. The van der Waals surface area contributed by atoms with Crippen LogP contribution in [0.1, 0.15) is 43.9 Å². The Bertz CT molecular complexity index is 1520. The minimum Gasteiger partial charge on any atom is -0.496 e. The molecule has 4 rings (SSSR count). The number of ether oxygens (including phenoxy) is 4. The number of thiazole rings is 1. The lowest BCUT2D eigenvalue weighted by molar-refractivity contribution is -0.139. The molecule has 0 bridgehead atoms. The van der Waals surface area contributed by atoms with Crippen LogP contribution in [0.4, 0.5) is 0 Å². The first-order chi connectivity index (χ1) is 18.0. The second-order valence-electron chi connectivity index (χ2n) is 8.24. The number of para-hydroxylation sites is 2. The molecule has 1 atom stereocenters. The van der Waals surface area contributed by atoms with Gasteiger partial charge in [-0.1, -0.05) is 55.0 Å². The second kappa shape index (κ2) is 11.5. The molecule has 37 heavy (non-hydrogen) atoms. The summed E-state index contributed by atoms with van der Waals surface area (Å²) in [5, 5.41) is 0. The van der Waals surface area contributed by atoms with E-state index in [2.05, 4.69) is 0 Å². The zero-order valence-electron chi connectivity index (χ0n) is 21.6. The smallest absolute Gasteiger partial charge is 0.338 e. The molecule has 194 valence electrons. The lowest BCUT2D eigenvalue weighted by Crippen LogP contribution is -2.40. The predicted octanol–water partition coefficient (Wildman–Crippen LogP) is 3.60. The summed E-state index contributed by atoms with van der Waals surface area (Å²) in [5.74, 6) is 1.16. The lowest BCUT2D eigenvalue weighted by atomic mass is 9.93. The summed E-state index contributed by atoms with van der Waals surface area (Å²) in [7, 11) is 4.69. The summed E-state index contributed by atoms with van der Waals surface area (Å²) in [6.45, 7) is 3.99. The van der Waals surface area contributed by atoms with Crippen molar-refractivity contribution in [3.05, 3.63) is 84.5 Å². The number of fused-ring (bicyclic) bond motifs is 1. The van der Waals surface area contributed by atoms with Crippen LogP contribution in [0.25, 0.3) is 6.08 Å². The molecule has 0 fully saturated rings. The third-order valence-electron chi connectivity index (χ3n) is 6.05. The van der Waals surface area contributed by atoms with E-state index in [-0.39, 0.29) is 12.2 Å². The summed E-state index contributed by atoms with van der Waals surface area (Å²) in [6.07, 6.45) is 3.10. The quantitative estimate of drug-likeness (QED) is 0.399. The number of methoxy groups -OCH3 is 3. The van der Waals surface area contributed by atoms with E-state index < -0.39 is 12.0 Å². The molecule has 0 radical (unpaired) electrons. The number of esters is 1. The van der Waals surface area contributed by atoms with Gasteiger partial charge in [0.2, 0.25) is 0 Å².